The van der Waals surface area contributed by atoms with Crippen LogP contribution in [0.3, 0.4) is 0 Å². The molecular weight excluding hydrogens is 346 g/mol. The molecular formula is C20H15N3S2. The van der Waals surface area contributed by atoms with E-state index in [1.807, 2.05) is 61.5 Å². The minimum absolute atomic E-state index is 0.232. The molecule has 0 spiro atoms. The van der Waals surface area contributed by atoms with Crippen molar-refractivity contribution in [2.45, 2.75) is 18.2 Å². The Morgan fingerprint density at radius 1 is 1.12 bits per heavy atom. The molecule has 0 saturated carbocycles. The lowest BCUT2D eigenvalue weighted by Crippen LogP contribution is -2.42. The molecule has 25 heavy (non-hydrogen) atoms. The molecule has 3 nitrogen and oxygen atoms in total. The molecule has 2 aromatic carbocycles. The molecule has 5 heteroatoms. The molecule has 1 atom stereocenters. The smallest absolute Gasteiger partial charge is 0.128 e. The Labute approximate surface area is 157 Å². The Balaban J connectivity index is 2.18. The van der Waals surface area contributed by atoms with E-state index in [4.69, 9.17) is 12.2 Å². The molecule has 1 N–H and O–H groups in total. The van der Waals surface area contributed by atoms with Crippen molar-refractivity contribution in [1.82, 2.24) is 5.32 Å². The Hall–Kier alpha value is -2.60. The summed E-state index contributed by atoms with van der Waals surface area (Å²) in [5.41, 5.74) is 4.10. The topological polar surface area (TPSA) is 59.6 Å². The van der Waals surface area contributed by atoms with Crippen LogP contribution in [0.5, 0.6) is 0 Å². The van der Waals surface area contributed by atoms with Crippen LogP contribution in [0.1, 0.15) is 23.1 Å². The second kappa shape index (κ2) is 7.11. The van der Waals surface area contributed by atoms with E-state index in [2.05, 4.69) is 17.5 Å². The zero-order valence-electron chi connectivity index (χ0n) is 13.6. The highest BCUT2D eigenvalue weighted by Crippen LogP contribution is 2.45. The van der Waals surface area contributed by atoms with E-state index in [9.17, 15) is 10.5 Å². The predicted octanol–water partition coefficient (Wildman–Crippen LogP) is 4.66. The van der Waals surface area contributed by atoms with Gasteiger partial charge in [0.25, 0.3) is 0 Å². The summed E-state index contributed by atoms with van der Waals surface area (Å²) in [6, 6.07) is 22.2. The van der Waals surface area contributed by atoms with Crippen molar-refractivity contribution in [3.8, 4) is 12.1 Å². The summed E-state index contributed by atoms with van der Waals surface area (Å²) in [5, 5.41) is 22.5. The summed E-state index contributed by atoms with van der Waals surface area (Å²) in [7, 11) is 0. The highest BCUT2D eigenvalue weighted by Gasteiger charge is 2.40. The highest BCUT2D eigenvalue weighted by atomic mass is 32.2. The number of hydrogen-bond acceptors (Lipinski definition) is 5. The number of aryl methyl sites for hydroxylation is 1. The summed E-state index contributed by atoms with van der Waals surface area (Å²) in [6.07, 6.45) is 0.232. The van der Waals surface area contributed by atoms with E-state index in [0.717, 1.165) is 16.7 Å². The normalized spacial score (nSPS) is 19.7. The SMILES string of the molecule is Cc1cccc(C2=C(C#N)C(=S)SC(CC#N)(c3ccccc3)N2)c1. The zero-order valence-corrected chi connectivity index (χ0v) is 15.2. The quantitative estimate of drug-likeness (QED) is 0.806. The maximum Gasteiger partial charge on any atom is 0.128 e. The van der Waals surface area contributed by atoms with Crippen LogP contribution in [-0.2, 0) is 4.87 Å². The summed E-state index contributed by atoms with van der Waals surface area (Å²) in [4.78, 5) is -0.702. The van der Waals surface area contributed by atoms with Gasteiger partial charge in [-0.3, -0.25) is 0 Å². The minimum atomic E-state index is -0.702. The molecule has 2 aromatic rings. The number of rotatable bonds is 3. The first-order valence-corrected chi connectivity index (χ1v) is 8.97. The summed E-state index contributed by atoms with van der Waals surface area (Å²) in [5.74, 6) is 0. The molecule has 1 unspecified atom stereocenters. The van der Waals surface area contributed by atoms with E-state index >= 15 is 0 Å². The number of thiocarbonyl (C=S) groups is 1. The molecule has 0 radical (unpaired) electrons. The van der Waals surface area contributed by atoms with Gasteiger partial charge in [0.2, 0.25) is 0 Å². The van der Waals surface area contributed by atoms with Crippen molar-refractivity contribution in [2.75, 3.05) is 0 Å². The first-order chi connectivity index (χ1) is 12.1. The van der Waals surface area contributed by atoms with Crippen LogP contribution in [0.15, 0.2) is 60.2 Å². The fourth-order valence-corrected chi connectivity index (χ4v) is 4.54. The number of benzene rings is 2. The Morgan fingerprint density at radius 2 is 1.88 bits per heavy atom. The van der Waals surface area contributed by atoms with Gasteiger partial charge in [-0.05, 0) is 24.1 Å². The Bertz CT molecular complexity index is 935. The van der Waals surface area contributed by atoms with Gasteiger partial charge in [-0.25, -0.2) is 0 Å². The van der Waals surface area contributed by atoms with E-state index in [0.29, 0.717) is 15.5 Å². The van der Waals surface area contributed by atoms with Crippen LogP contribution in [0.25, 0.3) is 5.70 Å². The van der Waals surface area contributed by atoms with Gasteiger partial charge < -0.3 is 5.32 Å². The molecule has 1 heterocycles. The second-order valence-corrected chi connectivity index (χ2v) is 7.75. The number of nitrogens with zero attached hydrogens (tertiary/aromatic N) is 2. The van der Waals surface area contributed by atoms with Crippen LogP contribution >= 0.6 is 24.0 Å². The molecule has 0 aromatic heterocycles. The molecule has 0 bridgehead atoms. The van der Waals surface area contributed by atoms with Gasteiger partial charge in [0.15, 0.2) is 0 Å². The first kappa shape index (κ1) is 17.2. The van der Waals surface area contributed by atoms with Crippen molar-refractivity contribution in [3.05, 3.63) is 76.9 Å². The predicted molar refractivity (Wildman–Crippen MR) is 105 cm³/mol. The summed E-state index contributed by atoms with van der Waals surface area (Å²) >= 11 is 6.90. The fourth-order valence-electron chi connectivity index (χ4n) is 2.85. The third kappa shape index (κ3) is 3.30. The van der Waals surface area contributed by atoms with Crippen LogP contribution in [0.4, 0.5) is 0 Å². The van der Waals surface area contributed by atoms with Gasteiger partial charge in [0.1, 0.15) is 16.5 Å². The van der Waals surface area contributed by atoms with Gasteiger partial charge in [-0.1, -0.05) is 78.1 Å². The third-order valence-electron chi connectivity index (χ3n) is 4.03. The summed E-state index contributed by atoms with van der Waals surface area (Å²) in [6.45, 7) is 2.01. The van der Waals surface area contributed by atoms with Crippen LogP contribution < -0.4 is 5.32 Å². The standard InChI is InChI=1S/C20H15N3S2/c1-14-6-5-7-15(12-14)18-17(13-22)19(24)25-20(23-18,10-11-21)16-8-3-2-4-9-16/h2-9,12,23H,10H2,1H3. The number of hydrogen-bond donors (Lipinski definition) is 1. The first-order valence-electron chi connectivity index (χ1n) is 7.75. The molecule has 1 aliphatic rings. The molecule has 0 aliphatic carbocycles. The number of nitrogens with one attached hydrogen (secondary N) is 1. The molecule has 1 aliphatic heterocycles. The van der Waals surface area contributed by atoms with E-state index < -0.39 is 4.87 Å². The number of nitriles is 2. The maximum absolute atomic E-state index is 9.62. The van der Waals surface area contributed by atoms with Gasteiger partial charge in [-0.15, -0.1) is 0 Å². The van der Waals surface area contributed by atoms with E-state index in [-0.39, 0.29) is 6.42 Å². The fraction of sp³-hybridized carbons (Fsp3) is 0.150. The van der Waals surface area contributed by atoms with Gasteiger partial charge in [-0.2, -0.15) is 10.5 Å². The molecule has 3 rings (SSSR count). The highest BCUT2D eigenvalue weighted by molar-refractivity contribution is 8.24. The molecule has 0 saturated heterocycles. The third-order valence-corrected chi connectivity index (χ3v) is 5.71. The lowest BCUT2D eigenvalue weighted by molar-refractivity contribution is 0.585. The Morgan fingerprint density at radius 3 is 2.52 bits per heavy atom. The molecule has 0 amide bonds. The van der Waals surface area contributed by atoms with E-state index in [1.165, 1.54) is 11.8 Å². The van der Waals surface area contributed by atoms with Crippen molar-refractivity contribution in [3.63, 3.8) is 0 Å². The molecule has 0 fully saturated rings. The number of thioether (sulfide) groups is 1. The average Bonchev–Trinajstić information content (AvgIpc) is 2.62. The largest absolute Gasteiger partial charge is 0.364 e. The average molecular weight is 361 g/mol. The van der Waals surface area contributed by atoms with Crippen LogP contribution in [0, 0.1) is 29.6 Å². The van der Waals surface area contributed by atoms with Crippen molar-refractivity contribution < 1.29 is 0 Å². The summed E-state index contributed by atoms with van der Waals surface area (Å²) < 4.78 is 0.511. The van der Waals surface area contributed by atoms with Crippen molar-refractivity contribution >= 4 is 33.9 Å². The lowest BCUT2D eigenvalue weighted by atomic mass is 9.99. The van der Waals surface area contributed by atoms with Gasteiger partial charge in [0, 0.05) is 0 Å². The maximum atomic E-state index is 9.62. The monoisotopic (exact) mass is 361 g/mol. The van der Waals surface area contributed by atoms with Crippen LogP contribution in [-0.4, -0.2) is 4.20 Å². The van der Waals surface area contributed by atoms with Crippen molar-refractivity contribution in [2.24, 2.45) is 0 Å². The van der Waals surface area contributed by atoms with Crippen molar-refractivity contribution in [1.29, 1.82) is 10.5 Å². The minimum Gasteiger partial charge on any atom is -0.364 e. The van der Waals surface area contributed by atoms with E-state index in [1.54, 1.807) is 0 Å². The van der Waals surface area contributed by atoms with Gasteiger partial charge in [0.05, 0.1) is 22.4 Å². The van der Waals surface area contributed by atoms with Gasteiger partial charge >= 0.3 is 0 Å². The Kier molecular flexibility index (Phi) is 4.90. The lowest BCUT2D eigenvalue weighted by Gasteiger charge is -2.38. The van der Waals surface area contributed by atoms with Crippen LogP contribution in [0.2, 0.25) is 0 Å². The second-order valence-electron chi connectivity index (χ2n) is 5.77. The molecule has 122 valence electrons. The zero-order chi connectivity index (χ0) is 17.9.